The molecule has 0 saturated carbocycles. The average molecular weight is 372 g/mol. The molecule has 0 unspecified atom stereocenters. The molecule has 9 heteroatoms. The molecular formula is C16H12N4O3S2. The summed E-state index contributed by atoms with van der Waals surface area (Å²) in [5, 5.41) is 15.1. The Morgan fingerprint density at radius 2 is 2.08 bits per heavy atom. The second kappa shape index (κ2) is 7.41. The number of thiazole rings is 1. The quantitative estimate of drug-likeness (QED) is 0.236. The molecule has 25 heavy (non-hydrogen) atoms. The first-order chi connectivity index (χ1) is 12.0. The Morgan fingerprint density at radius 3 is 2.80 bits per heavy atom. The fourth-order valence-corrected chi connectivity index (χ4v) is 3.87. The number of benzene rings is 2. The molecule has 1 aromatic heterocycles. The first kappa shape index (κ1) is 17.1. The molecule has 0 bridgehead atoms. The second-order valence-electron chi connectivity index (χ2n) is 4.94. The van der Waals surface area contributed by atoms with Gasteiger partial charge in [-0.25, -0.2) is 4.98 Å². The van der Waals surface area contributed by atoms with Crippen molar-refractivity contribution < 1.29 is 9.72 Å². The largest absolute Gasteiger partial charge is 0.292 e. The monoisotopic (exact) mass is 372 g/mol. The van der Waals surface area contributed by atoms with E-state index in [4.69, 9.17) is 0 Å². The van der Waals surface area contributed by atoms with Crippen LogP contribution in [0.25, 0.3) is 10.2 Å². The Balaban J connectivity index is 1.80. The van der Waals surface area contributed by atoms with Crippen molar-refractivity contribution in [2.24, 2.45) is 5.10 Å². The first-order valence-electron chi connectivity index (χ1n) is 7.15. The number of anilines is 1. The molecule has 2 aromatic carbocycles. The lowest BCUT2D eigenvalue weighted by Crippen LogP contribution is -2.08. The molecule has 0 radical (unpaired) electrons. The third-order valence-electron chi connectivity index (χ3n) is 3.10. The van der Waals surface area contributed by atoms with Crippen LogP contribution < -0.4 is 5.43 Å². The summed E-state index contributed by atoms with van der Waals surface area (Å²) in [6.07, 6.45) is 0. The highest BCUT2D eigenvalue weighted by atomic mass is 32.2. The van der Waals surface area contributed by atoms with Crippen LogP contribution in [0.5, 0.6) is 0 Å². The van der Waals surface area contributed by atoms with Crippen molar-refractivity contribution in [1.29, 1.82) is 0 Å². The first-order valence-corrected chi connectivity index (χ1v) is 8.79. The standard InChI is InChI=1S/C16H12N4O3S2/c1-10(21)15(19-18-11-5-4-6-12(9-11)20(22)23)25-16-17-13-7-2-3-8-14(13)24-16/h2-9,18H,1H3. The molecule has 0 amide bonds. The maximum atomic E-state index is 11.8. The summed E-state index contributed by atoms with van der Waals surface area (Å²) >= 11 is 2.64. The van der Waals surface area contributed by atoms with E-state index in [2.05, 4.69) is 15.5 Å². The number of carbonyl (C=O) groups is 1. The van der Waals surface area contributed by atoms with Crippen molar-refractivity contribution in [3.05, 3.63) is 58.6 Å². The molecule has 0 fully saturated rings. The third-order valence-corrected chi connectivity index (χ3v) is 5.27. The van der Waals surface area contributed by atoms with E-state index >= 15 is 0 Å². The minimum atomic E-state index is -0.489. The van der Waals surface area contributed by atoms with Gasteiger partial charge in [0, 0.05) is 19.1 Å². The number of Topliss-reactive ketones (excluding diaryl/α,β-unsaturated/α-hetero) is 1. The van der Waals surface area contributed by atoms with Gasteiger partial charge < -0.3 is 0 Å². The Morgan fingerprint density at radius 1 is 1.28 bits per heavy atom. The average Bonchev–Trinajstić information content (AvgIpc) is 3.01. The number of fused-ring (bicyclic) bond motifs is 1. The van der Waals surface area contributed by atoms with Crippen LogP contribution in [-0.4, -0.2) is 20.7 Å². The Bertz CT molecular complexity index is 951. The third kappa shape index (κ3) is 4.20. The molecule has 126 valence electrons. The van der Waals surface area contributed by atoms with Gasteiger partial charge in [-0.2, -0.15) is 5.10 Å². The summed E-state index contributed by atoms with van der Waals surface area (Å²) in [4.78, 5) is 26.6. The summed E-state index contributed by atoms with van der Waals surface area (Å²) in [5.74, 6) is -0.220. The van der Waals surface area contributed by atoms with Gasteiger partial charge in [-0.1, -0.05) is 18.2 Å². The van der Waals surface area contributed by atoms with E-state index in [1.54, 1.807) is 12.1 Å². The van der Waals surface area contributed by atoms with Crippen LogP contribution in [0.4, 0.5) is 11.4 Å². The van der Waals surface area contributed by atoms with Crippen LogP contribution in [0.15, 0.2) is 58.0 Å². The summed E-state index contributed by atoms with van der Waals surface area (Å²) < 4.78 is 1.73. The normalized spacial score (nSPS) is 11.5. The summed E-state index contributed by atoms with van der Waals surface area (Å²) in [6, 6.07) is 13.6. The molecular weight excluding hydrogens is 360 g/mol. The lowest BCUT2D eigenvalue weighted by Gasteiger charge is -2.03. The molecule has 7 nitrogen and oxygen atoms in total. The van der Waals surface area contributed by atoms with E-state index in [0.717, 1.165) is 22.0 Å². The predicted molar refractivity (Wildman–Crippen MR) is 100 cm³/mol. The predicted octanol–water partition coefficient (Wildman–Crippen LogP) is 4.31. The number of non-ortho nitro benzene ring substituents is 1. The van der Waals surface area contributed by atoms with E-state index in [9.17, 15) is 14.9 Å². The van der Waals surface area contributed by atoms with Gasteiger partial charge in [0.25, 0.3) is 5.69 Å². The lowest BCUT2D eigenvalue weighted by atomic mass is 10.3. The van der Waals surface area contributed by atoms with Crippen molar-refractivity contribution >= 4 is 55.5 Å². The van der Waals surface area contributed by atoms with Crippen molar-refractivity contribution in [3.8, 4) is 0 Å². The number of hydrogen-bond donors (Lipinski definition) is 1. The zero-order valence-electron chi connectivity index (χ0n) is 13.0. The zero-order valence-corrected chi connectivity index (χ0v) is 14.6. The number of ketones is 1. The van der Waals surface area contributed by atoms with E-state index in [-0.39, 0.29) is 16.5 Å². The van der Waals surface area contributed by atoms with Gasteiger partial charge in [-0.15, -0.1) is 11.3 Å². The van der Waals surface area contributed by atoms with Gasteiger partial charge in [0.05, 0.1) is 20.8 Å². The zero-order chi connectivity index (χ0) is 17.8. The van der Waals surface area contributed by atoms with Crippen LogP contribution in [0.1, 0.15) is 6.92 Å². The number of hydrogen-bond acceptors (Lipinski definition) is 8. The summed E-state index contributed by atoms with van der Waals surface area (Å²) in [6.45, 7) is 1.41. The van der Waals surface area contributed by atoms with Gasteiger partial charge in [-0.3, -0.25) is 20.3 Å². The number of nitro groups is 1. The molecule has 0 atom stereocenters. The molecule has 0 aliphatic carbocycles. The number of nitrogens with one attached hydrogen (secondary N) is 1. The van der Waals surface area contributed by atoms with Crippen LogP contribution >= 0.6 is 23.1 Å². The minimum Gasteiger partial charge on any atom is -0.292 e. The lowest BCUT2D eigenvalue weighted by molar-refractivity contribution is -0.384. The van der Waals surface area contributed by atoms with Crippen LogP contribution in [0, 0.1) is 10.1 Å². The van der Waals surface area contributed by atoms with E-state index in [1.165, 1.54) is 30.4 Å². The number of nitrogens with zero attached hydrogens (tertiary/aromatic N) is 3. The Hall–Kier alpha value is -2.78. The van der Waals surface area contributed by atoms with Gasteiger partial charge >= 0.3 is 0 Å². The number of rotatable bonds is 5. The fourth-order valence-electron chi connectivity index (χ4n) is 1.96. The number of thioether (sulfide) groups is 1. The fraction of sp³-hybridized carbons (Fsp3) is 0.0625. The minimum absolute atomic E-state index is 0.0524. The number of para-hydroxylation sites is 1. The van der Waals surface area contributed by atoms with Crippen molar-refractivity contribution in [2.75, 3.05) is 5.43 Å². The van der Waals surface area contributed by atoms with Crippen LogP contribution in [0.3, 0.4) is 0 Å². The number of hydrazone groups is 1. The van der Waals surface area contributed by atoms with Crippen LogP contribution in [-0.2, 0) is 4.79 Å². The van der Waals surface area contributed by atoms with Gasteiger partial charge in [0.2, 0.25) is 0 Å². The summed E-state index contributed by atoms with van der Waals surface area (Å²) in [5.41, 5.74) is 3.94. The van der Waals surface area contributed by atoms with Crippen molar-refractivity contribution in [2.45, 2.75) is 11.3 Å². The molecule has 0 aliphatic heterocycles. The Kier molecular flexibility index (Phi) is 5.05. The van der Waals surface area contributed by atoms with Gasteiger partial charge in [0.1, 0.15) is 0 Å². The maximum absolute atomic E-state index is 11.8. The highest BCUT2D eigenvalue weighted by Gasteiger charge is 2.13. The van der Waals surface area contributed by atoms with E-state index < -0.39 is 4.92 Å². The van der Waals surface area contributed by atoms with E-state index in [1.807, 2.05) is 24.3 Å². The molecule has 3 aromatic rings. The topological polar surface area (TPSA) is 97.5 Å². The number of aromatic nitrogens is 1. The van der Waals surface area contributed by atoms with Gasteiger partial charge in [-0.05, 0) is 30.0 Å². The SMILES string of the molecule is CC(=O)C(=NNc1cccc([N+](=O)[O-])c1)Sc1nc2ccccc2s1. The molecule has 0 aliphatic rings. The second-order valence-corrected chi connectivity index (χ2v) is 7.21. The van der Waals surface area contributed by atoms with E-state index in [0.29, 0.717) is 10.0 Å². The van der Waals surface area contributed by atoms with Crippen molar-refractivity contribution in [3.63, 3.8) is 0 Å². The molecule has 3 rings (SSSR count). The summed E-state index contributed by atoms with van der Waals surface area (Å²) in [7, 11) is 0. The Labute approximate surface area is 150 Å². The smallest absolute Gasteiger partial charge is 0.271 e. The number of nitro benzene ring substituents is 1. The molecule has 1 N–H and O–H groups in total. The van der Waals surface area contributed by atoms with Crippen molar-refractivity contribution in [1.82, 2.24) is 4.98 Å². The number of carbonyl (C=O) groups excluding carboxylic acids is 1. The molecule has 0 spiro atoms. The highest BCUT2D eigenvalue weighted by Crippen LogP contribution is 2.30. The highest BCUT2D eigenvalue weighted by molar-refractivity contribution is 8.17. The van der Waals surface area contributed by atoms with Crippen LogP contribution in [0.2, 0.25) is 0 Å². The molecule has 1 heterocycles. The maximum Gasteiger partial charge on any atom is 0.271 e. The molecule has 0 saturated heterocycles. The van der Waals surface area contributed by atoms with Gasteiger partial charge in [0.15, 0.2) is 15.2 Å².